The Morgan fingerprint density at radius 2 is 2.04 bits per heavy atom. The molecule has 0 saturated carbocycles. The predicted octanol–water partition coefficient (Wildman–Crippen LogP) is 3.03. The molecule has 3 rings (SSSR count). The highest BCUT2D eigenvalue weighted by Crippen LogP contribution is 2.19. The second-order valence-electron chi connectivity index (χ2n) is 5.81. The van der Waals surface area contributed by atoms with Gasteiger partial charge in [-0.3, -0.25) is 4.79 Å². The van der Waals surface area contributed by atoms with Crippen molar-refractivity contribution in [2.75, 3.05) is 11.1 Å². The quantitative estimate of drug-likeness (QED) is 0.584. The number of benzene rings is 1. The van der Waals surface area contributed by atoms with E-state index in [2.05, 4.69) is 27.2 Å². The van der Waals surface area contributed by atoms with E-state index in [0.717, 1.165) is 23.4 Å². The van der Waals surface area contributed by atoms with Crippen LogP contribution in [0, 0.1) is 0 Å². The third-order valence-electron chi connectivity index (χ3n) is 3.86. The molecule has 0 atom stereocenters. The van der Waals surface area contributed by atoms with Gasteiger partial charge in [0.25, 0.3) is 0 Å². The summed E-state index contributed by atoms with van der Waals surface area (Å²) in [6.07, 6.45) is 3.12. The summed E-state index contributed by atoms with van der Waals surface area (Å²) in [7, 11) is 0. The average Bonchev–Trinajstić information content (AvgIpc) is 3.18. The van der Waals surface area contributed by atoms with Crippen LogP contribution in [0.5, 0.6) is 0 Å². The van der Waals surface area contributed by atoms with Crippen LogP contribution in [0.2, 0.25) is 0 Å². The summed E-state index contributed by atoms with van der Waals surface area (Å²) in [6.45, 7) is 1.99. The molecule has 0 saturated heterocycles. The summed E-state index contributed by atoms with van der Waals surface area (Å²) >= 11 is 0. The lowest BCUT2D eigenvalue weighted by molar-refractivity contribution is -0.145. The van der Waals surface area contributed by atoms with E-state index < -0.39 is 0 Å². The Morgan fingerprint density at radius 3 is 2.81 bits per heavy atom. The largest absolute Gasteiger partial charge is 0.469 e. The number of para-hydroxylation sites is 1. The maximum atomic E-state index is 11.9. The minimum absolute atomic E-state index is 0.0584. The normalized spacial score (nSPS) is 10.6. The maximum Gasteiger partial charge on any atom is 0.306 e. The SMILES string of the molecule is CCc1ccccc1Nc1nc(N)nc(COC(=O)CCc2ccco2)n1. The molecule has 0 amide bonds. The lowest BCUT2D eigenvalue weighted by Gasteiger charge is -2.10. The van der Waals surface area contributed by atoms with Gasteiger partial charge < -0.3 is 20.2 Å². The van der Waals surface area contributed by atoms with Crippen molar-refractivity contribution in [3.8, 4) is 0 Å². The number of esters is 1. The van der Waals surface area contributed by atoms with Crippen molar-refractivity contribution in [2.24, 2.45) is 0 Å². The second-order valence-corrected chi connectivity index (χ2v) is 5.81. The van der Waals surface area contributed by atoms with Crippen LogP contribution in [0.1, 0.15) is 30.5 Å². The number of nitrogens with one attached hydrogen (secondary N) is 1. The smallest absolute Gasteiger partial charge is 0.306 e. The number of nitrogens with two attached hydrogens (primary N) is 1. The molecule has 3 N–H and O–H groups in total. The van der Waals surface area contributed by atoms with E-state index >= 15 is 0 Å². The highest BCUT2D eigenvalue weighted by Gasteiger charge is 2.10. The molecule has 0 fully saturated rings. The molecule has 2 aromatic heterocycles. The molecule has 3 aromatic rings. The fourth-order valence-corrected chi connectivity index (χ4v) is 2.53. The van der Waals surface area contributed by atoms with Gasteiger partial charge >= 0.3 is 5.97 Å². The molecule has 0 aliphatic heterocycles. The van der Waals surface area contributed by atoms with Gasteiger partial charge in [-0.25, -0.2) is 0 Å². The van der Waals surface area contributed by atoms with Crippen LogP contribution >= 0.6 is 0 Å². The minimum atomic E-state index is -0.365. The van der Waals surface area contributed by atoms with E-state index in [4.69, 9.17) is 14.9 Å². The van der Waals surface area contributed by atoms with Crippen LogP contribution in [0.3, 0.4) is 0 Å². The molecule has 8 nitrogen and oxygen atoms in total. The van der Waals surface area contributed by atoms with Crippen LogP contribution in [-0.2, 0) is 29.0 Å². The van der Waals surface area contributed by atoms with Crippen molar-refractivity contribution in [3.05, 3.63) is 59.8 Å². The first kappa shape index (κ1) is 18.4. The molecule has 0 spiro atoms. The van der Waals surface area contributed by atoms with E-state index in [1.165, 1.54) is 0 Å². The summed E-state index contributed by atoms with van der Waals surface area (Å²) in [5.41, 5.74) is 7.78. The Kier molecular flexibility index (Phi) is 5.98. The Labute approximate surface area is 156 Å². The number of nitrogens with zero attached hydrogens (tertiary/aromatic N) is 3. The number of nitrogen functional groups attached to an aromatic ring is 1. The van der Waals surface area contributed by atoms with Crippen molar-refractivity contribution in [1.82, 2.24) is 15.0 Å². The monoisotopic (exact) mass is 367 g/mol. The number of carbonyl (C=O) groups excluding carboxylic acids is 1. The first-order valence-corrected chi connectivity index (χ1v) is 8.67. The summed E-state index contributed by atoms with van der Waals surface area (Å²) in [5.74, 6) is 1.02. The molecule has 2 heterocycles. The van der Waals surface area contributed by atoms with Crippen molar-refractivity contribution < 1.29 is 13.9 Å². The average molecular weight is 367 g/mol. The summed E-state index contributed by atoms with van der Waals surface area (Å²) in [6, 6.07) is 11.4. The number of ether oxygens (including phenoxy) is 1. The molecule has 140 valence electrons. The Morgan fingerprint density at radius 1 is 1.19 bits per heavy atom. The van der Waals surface area contributed by atoms with Gasteiger partial charge in [-0.1, -0.05) is 25.1 Å². The predicted molar refractivity (Wildman–Crippen MR) is 100 cm³/mol. The van der Waals surface area contributed by atoms with Crippen LogP contribution < -0.4 is 11.1 Å². The number of carbonyl (C=O) groups is 1. The third kappa shape index (κ3) is 5.27. The van der Waals surface area contributed by atoms with Gasteiger partial charge in [0.2, 0.25) is 11.9 Å². The van der Waals surface area contributed by atoms with Crippen molar-refractivity contribution in [1.29, 1.82) is 0 Å². The molecule has 0 aliphatic carbocycles. The zero-order valence-electron chi connectivity index (χ0n) is 15.0. The number of anilines is 3. The molecule has 0 aliphatic rings. The fourth-order valence-electron chi connectivity index (χ4n) is 2.53. The number of rotatable bonds is 8. The Hall–Kier alpha value is -3.42. The fraction of sp³-hybridized carbons (Fsp3) is 0.263. The van der Waals surface area contributed by atoms with Gasteiger partial charge in [-0.15, -0.1) is 0 Å². The molecule has 0 radical (unpaired) electrons. The first-order chi connectivity index (χ1) is 13.1. The Balaban J connectivity index is 1.60. The van der Waals surface area contributed by atoms with Crippen LogP contribution in [0.15, 0.2) is 47.1 Å². The molecule has 8 heteroatoms. The Bertz CT molecular complexity index is 896. The first-order valence-electron chi connectivity index (χ1n) is 8.67. The number of aromatic nitrogens is 3. The lowest BCUT2D eigenvalue weighted by atomic mass is 10.1. The van der Waals surface area contributed by atoms with Gasteiger partial charge in [0.15, 0.2) is 12.4 Å². The van der Waals surface area contributed by atoms with Gasteiger partial charge in [0.05, 0.1) is 12.7 Å². The van der Waals surface area contributed by atoms with Crippen LogP contribution in [-0.4, -0.2) is 20.9 Å². The molecular formula is C19H21N5O3. The summed E-state index contributed by atoms with van der Waals surface area (Å²) in [5, 5.41) is 3.14. The second kappa shape index (κ2) is 8.79. The topological polar surface area (TPSA) is 116 Å². The van der Waals surface area contributed by atoms with Gasteiger partial charge in [-0.05, 0) is 30.2 Å². The standard InChI is InChI=1S/C19H21N5O3/c1-2-13-6-3-4-8-15(13)21-19-23-16(22-18(20)24-19)12-27-17(25)10-9-14-7-5-11-26-14/h3-8,11H,2,9-10,12H2,1H3,(H3,20,21,22,23,24). The van der Waals surface area contributed by atoms with E-state index in [-0.39, 0.29) is 30.8 Å². The maximum absolute atomic E-state index is 11.9. The molecule has 1 aromatic carbocycles. The number of furan rings is 1. The number of aryl methyl sites for hydroxylation is 2. The van der Waals surface area contributed by atoms with Crippen molar-refractivity contribution in [3.63, 3.8) is 0 Å². The van der Waals surface area contributed by atoms with Gasteiger partial charge in [0, 0.05) is 12.1 Å². The van der Waals surface area contributed by atoms with Gasteiger partial charge in [0.1, 0.15) is 5.76 Å². The third-order valence-corrected chi connectivity index (χ3v) is 3.86. The highest BCUT2D eigenvalue weighted by molar-refractivity contribution is 5.69. The zero-order chi connectivity index (χ0) is 19.1. The summed E-state index contributed by atoms with van der Waals surface area (Å²) < 4.78 is 10.4. The van der Waals surface area contributed by atoms with E-state index in [0.29, 0.717) is 12.4 Å². The van der Waals surface area contributed by atoms with Crippen molar-refractivity contribution >= 4 is 23.6 Å². The van der Waals surface area contributed by atoms with Crippen molar-refractivity contribution in [2.45, 2.75) is 32.8 Å². The van der Waals surface area contributed by atoms with Gasteiger partial charge in [-0.2, -0.15) is 15.0 Å². The minimum Gasteiger partial charge on any atom is -0.469 e. The van der Waals surface area contributed by atoms with E-state index in [9.17, 15) is 4.79 Å². The number of hydrogen-bond acceptors (Lipinski definition) is 8. The van der Waals surface area contributed by atoms with E-state index in [1.54, 1.807) is 12.3 Å². The lowest BCUT2D eigenvalue weighted by Crippen LogP contribution is -2.11. The molecular weight excluding hydrogens is 346 g/mol. The highest BCUT2D eigenvalue weighted by atomic mass is 16.5. The van der Waals surface area contributed by atoms with Crippen LogP contribution in [0.25, 0.3) is 0 Å². The summed E-state index contributed by atoms with van der Waals surface area (Å²) in [4.78, 5) is 24.3. The van der Waals surface area contributed by atoms with Crippen LogP contribution in [0.4, 0.5) is 17.6 Å². The zero-order valence-corrected chi connectivity index (χ0v) is 15.0. The molecule has 0 bridgehead atoms. The molecule has 27 heavy (non-hydrogen) atoms. The molecule has 0 unspecified atom stereocenters. The van der Waals surface area contributed by atoms with E-state index in [1.807, 2.05) is 30.3 Å². The number of hydrogen-bond donors (Lipinski definition) is 2.